The molecule has 1 aliphatic heterocycles. The van der Waals surface area contributed by atoms with Crippen LogP contribution < -0.4 is 9.47 Å². The van der Waals surface area contributed by atoms with Gasteiger partial charge in [-0.05, 0) is 37.3 Å². The highest BCUT2D eigenvalue weighted by atomic mass is 16.7. The Bertz CT molecular complexity index is 866. The first-order valence-corrected chi connectivity index (χ1v) is 6.52. The van der Waals surface area contributed by atoms with Gasteiger partial charge in [-0.3, -0.25) is 4.79 Å². The molecule has 4 rings (SSSR count). The lowest BCUT2D eigenvalue weighted by molar-refractivity contribution is 0.101. The third kappa shape index (κ3) is 1.94. The minimum Gasteiger partial charge on any atom is -0.454 e. The van der Waals surface area contributed by atoms with Crippen LogP contribution >= 0.6 is 0 Å². The Kier molecular flexibility index (Phi) is 2.47. The zero-order valence-electron chi connectivity index (χ0n) is 11.3. The standard InChI is InChI=1S/C16H11NO4/c1-9-2-4-12-11(17-9)7-15(21-12)16(18)10-3-5-13-14(6-10)20-8-19-13/h2-7H,8H2,1H3. The number of rotatable bonds is 2. The van der Waals surface area contributed by atoms with Crippen molar-refractivity contribution in [3.8, 4) is 11.5 Å². The Labute approximate surface area is 120 Å². The van der Waals surface area contributed by atoms with E-state index in [0.29, 0.717) is 28.2 Å². The minimum absolute atomic E-state index is 0.181. The van der Waals surface area contributed by atoms with Crippen LogP contribution in [-0.2, 0) is 0 Å². The van der Waals surface area contributed by atoms with E-state index in [-0.39, 0.29) is 18.3 Å². The second-order valence-corrected chi connectivity index (χ2v) is 4.84. The third-order valence-corrected chi connectivity index (χ3v) is 3.37. The molecule has 0 radical (unpaired) electrons. The van der Waals surface area contributed by atoms with Crippen molar-refractivity contribution in [2.75, 3.05) is 6.79 Å². The van der Waals surface area contributed by atoms with Gasteiger partial charge in [0.1, 0.15) is 5.52 Å². The molecule has 0 amide bonds. The first kappa shape index (κ1) is 12.0. The van der Waals surface area contributed by atoms with Gasteiger partial charge in [0.2, 0.25) is 12.6 Å². The summed E-state index contributed by atoms with van der Waals surface area (Å²) in [7, 11) is 0. The highest BCUT2D eigenvalue weighted by Crippen LogP contribution is 2.33. The smallest absolute Gasteiger partial charge is 0.231 e. The topological polar surface area (TPSA) is 61.6 Å². The number of pyridine rings is 1. The number of fused-ring (bicyclic) bond motifs is 2. The molecule has 0 fully saturated rings. The van der Waals surface area contributed by atoms with Gasteiger partial charge < -0.3 is 13.9 Å². The van der Waals surface area contributed by atoms with E-state index in [1.165, 1.54) is 0 Å². The summed E-state index contributed by atoms with van der Waals surface area (Å²) in [6.07, 6.45) is 0. The number of nitrogens with zero attached hydrogens (tertiary/aromatic N) is 1. The van der Waals surface area contributed by atoms with Gasteiger partial charge in [-0.25, -0.2) is 4.98 Å². The summed E-state index contributed by atoms with van der Waals surface area (Å²) < 4.78 is 16.1. The molecule has 0 aliphatic carbocycles. The summed E-state index contributed by atoms with van der Waals surface area (Å²) >= 11 is 0. The molecule has 21 heavy (non-hydrogen) atoms. The molecule has 0 unspecified atom stereocenters. The molecule has 0 saturated carbocycles. The van der Waals surface area contributed by atoms with Crippen molar-refractivity contribution >= 4 is 16.9 Å². The lowest BCUT2D eigenvalue weighted by atomic mass is 10.1. The molecule has 0 saturated heterocycles. The number of ether oxygens (including phenoxy) is 2. The Hall–Kier alpha value is -2.82. The number of ketones is 1. The van der Waals surface area contributed by atoms with Crippen LogP contribution in [0.3, 0.4) is 0 Å². The summed E-state index contributed by atoms with van der Waals surface area (Å²) in [5, 5.41) is 0. The average molecular weight is 281 g/mol. The maximum absolute atomic E-state index is 12.5. The number of carbonyl (C=O) groups is 1. The van der Waals surface area contributed by atoms with Crippen molar-refractivity contribution in [2.45, 2.75) is 6.92 Å². The zero-order valence-corrected chi connectivity index (χ0v) is 11.3. The van der Waals surface area contributed by atoms with Crippen molar-refractivity contribution < 1.29 is 18.7 Å². The molecule has 5 heteroatoms. The largest absolute Gasteiger partial charge is 0.454 e. The predicted molar refractivity (Wildman–Crippen MR) is 74.7 cm³/mol. The maximum atomic E-state index is 12.5. The number of hydrogen-bond donors (Lipinski definition) is 0. The highest BCUT2D eigenvalue weighted by Gasteiger charge is 2.19. The van der Waals surface area contributed by atoms with Gasteiger partial charge in [0.25, 0.3) is 0 Å². The van der Waals surface area contributed by atoms with Gasteiger partial charge in [-0.2, -0.15) is 0 Å². The van der Waals surface area contributed by atoms with Crippen LogP contribution in [0.5, 0.6) is 11.5 Å². The van der Waals surface area contributed by atoms with E-state index in [1.807, 2.05) is 19.1 Å². The van der Waals surface area contributed by atoms with Crippen LogP contribution in [0.2, 0.25) is 0 Å². The Morgan fingerprint density at radius 3 is 2.86 bits per heavy atom. The van der Waals surface area contributed by atoms with Gasteiger partial charge in [-0.1, -0.05) is 0 Å². The van der Waals surface area contributed by atoms with E-state index in [4.69, 9.17) is 13.9 Å². The molecule has 0 atom stereocenters. The fourth-order valence-electron chi connectivity index (χ4n) is 2.32. The lowest BCUT2D eigenvalue weighted by Crippen LogP contribution is -1.99. The third-order valence-electron chi connectivity index (χ3n) is 3.37. The minimum atomic E-state index is -0.205. The summed E-state index contributed by atoms with van der Waals surface area (Å²) in [5.41, 5.74) is 2.66. The van der Waals surface area contributed by atoms with Crippen LogP contribution in [0.15, 0.2) is 40.8 Å². The number of aromatic nitrogens is 1. The summed E-state index contributed by atoms with van der Waals surface area (Å²) in [4.78, 5) is 16.8. The van der Waals surface area contributed by atoms with E-state index >= 15 is 0 Å². The van der Waals surface area contributed by atoms with Crippen molar-refractivity contribution in [1.29, 1.82) is 0 Å². The van der Waals surface area contributed by atoms with E-state index in [9.17, 15) is 4.79 Å². The van der Waals surface area contributed by atoms with Gasteiger partial charge >= 0.3 is 0 Å². The van der Waals surface area contributed by atoms with Crippen LogP contribution in [0, 0.1) is 6.92 Å². The molecule has 5 nitrogen and oxygen atoms in total. The van der Waals surface area contributed by atoms with E-state index in [2.05, 4.69) is 4.98 Å². The van der Waals surface area contributed by atoms with Crippen LogP contribution in [0.25, 0.3) is 11.1 Å². The first-order chi connectivity index (χ1) is 10.2. The number of benzene rings is 1. The normalized spacial score (nSPS) is 12.8. The monoisotopic (exact) mass is 281 g/mol. The van der Waals surface area contributed by atoms with Crippen molar-refractivity contribution in [3.05, 3.63) is 53.4 Å². The number of hydrogen-bond acceptors (Lipinski definition) is 5. The number of aryl methyl sites for hydroxylation is 1. The second-order valence-electron chi connectivity index (χ2n) is 4.84. The van der Waals surface area contributed by atoms with Crippen LogP contribution in [0.4, 0.5) is 0 Å². The van der Waals surface area contributed by atoms with Gasteiger partial charge in [-0.15, -0.1) is 0 Å². The lowest BCUT2D eigenvalue weighted by Gasteiger charge is -1.99. The molecular formula is C16H11NO4. The number of carbonyl (C=O) groups excluding carboxylic acids is 1. The van der Waals surface area contributed by atoms with Gasteiger partial charge in [0, 0.05) is 17.3 Å². The van der Waals surface area contributed by atoms with Crippen LogP contribution in [0.1, 0.15) is 21.8 Å². The SMILES string of the molecule is Cc1ccc2oc(C(=O)c3ccc4c(c3)OCO4)cc2n1. The molecule has 1 aromatic carbocycles. The van der Waals surface area contributed by atoms with Gasteiger partial charge in [0.05, 0.1) is 0 Å². The fraction of sp³-hybridized carbons (Fsp3) is 0.125. The molecule has 3 heterocycles. The fourth-order valence-corrected chi connectivity index (χ4v) is 2.32. The molecule has 3 aromatic rings. The number of furan rings is 1. The summed E-state index contributed by atoms with van der Waals surface area (Å²) in [6.45, 7) is 2.08. The van der Waals surface area contributed by atoms with Crippen molar-refractivity contribution in [3.63, 3.8) is 0 Å². The molecular weight excluding hydrogens is 270 g/mol. The van der Waals surface area contributed by atoms with Crippen molar-refractivity contribution in [2.24, 2.45) is 0 Å². The van der Waals surface area contributed by atoms with E-state index < -0.39 is 0 Å². The van der Waals surface area contributed by atoms with E-state index in [0.717, 1.165) is 5.69 Å². The van der Waals surface area contributed by atoms with E-state index in [1.54, 1.807) is 24.3 Å². The molecule has 0 spiro atoms. The summed E-state index contributed by atoms with van der Waals surface area (Å²) in [6, 6.07) is 10.4. The molecule has 0 N–H and O–H groups in total. The molecule has 2 aromatic heterocycles. The first-order valence-electron chi connectivity index (χ1n) is 6.52. The summed E-state index contributed by atoms with van der Waals surface area (Å²) in [5.74, 6) is 1.28. The van der Waals surface area contributed by atoms with Crippen molar-refractivity contribution in [1.82, 2.24) is 4.98 Å². The zero-order chi connectivity index (χ0) is 14.4. The molecule has 0 bridgehead atoms. The van der Waals surface area contributed by atoms with Crippen LogP contribution in [-0.4, -0.2) is 17.6 Å². The average Bonchev–Trinajstić information content (AvgIpc) is 3.11. The van der Waals surface area contributed by atoms with Gasteiger partial charge in [0.15, 0.2) is 22.8 Å². The second kappa shape index (κ2) is 4.34. The quantitative estimate of drug-likeness (QED) is 0.675. The Balaban J connectivity index is 1.75. The Morgan fingerprint density at radius 2 is 1.95 bits per heavy atom. The highest BCUT2D eigenvalue weighted by molar-refractivity contribution is 6.09. The Morgan fingerprint density at radius 1 is 1.10 bits per heavy atom. The molecule has 1 aliphatic rings. The predicted octanol–water partition coefficient (Wildman–Crippen LogP) is 3.10. The molecule has 104 valence electrons. The maximum Gasteiger partial charge on any atom is 0.231 e.